The molecule has 0 radical (unpaired) electrons. The lowest BCUT2D eigenvalue weighted by Gasteiger charge is -2.35. The van der Waals surface area contributed by atoms with Gasteiger partial charge in [-0.2, -0.15) is 5.26 Å². The fourth-order valence-electron chi connectivity index (χ4n) is 2.20. The van der Waals surface area contributed by atoms with Gasteiger partial charge in [0.2, 0.25) is 6.19 Å². The van der Waals surface area contributed by atoms with E-state index in [0.29, 0.717) is 12.6 Å². The molecule has 0 aromatic heterocycles. The van der Waals surface area contributed by atoms with Gasteiger partial charge in [-0.15, -0.1) is 4.99 Å². The maximum absolute atomic E-state index is 9.09. The van der Waals surface area contributed by atoms with Crippen molar-refractivity contribution in [2.45, 2.75) is 38.1 Å². The summed E-state index contributed by atoms with van der Waals surface area (Å²) in [4.78, 5) is 5.93. The van der Waals surface area contributed by atoms with Gasteiger partial charge in [-0.25, -0.2) is 0 Å². The zero-order chi connectivity index (χ0) is 11.8. The van der Waals surface area contributed by atoms with Crippen LogP contribution in [0.25, 0.3) is 0 Å². The Kier molecular flexibility index (Phi) is 6.27. The second-order valence-corrected chi connectivity index (χ2v) is 4.68. The smallest absolute Gasteiger partial charge is 0.208 e. The maximum Gasteiger partial charge on any atom is 0.208 e. The summed E-state index contributed by atoms with van der Waals surface area (Å²) in [5.41, 5.74) is 0. The molecule has 4 nitrogen and oxygen atoms in total. The molecule has 16 heavy (non-hydrogen) atoms. The van der Waals surface area contributed by atoms with Crippen LogP contribution in [0.2, 0.25) is 0 Å². The van der Waals surface area contributed by atoms with Crippen LogP contribution in [-0.2, 0) is 0 Å². The first-order valence-electron chi connectivity index (χ1n) is 5.71. The van der Waals surface area contributed by atoms with Crippen LogP contribution in [0.3, 0.4) is 0 Å². The Morgan fingerprint density at radius 1 is 1.50 bits per heavy atom. The molecule has 0 bridgehead atoms. The van der Waals surface area contributed by atoms with Crippen molar-refractivity contribution in [2.24, 2.45) is 4.99 Å². The van der Waals surface area contributed by atoms with Crippen LogP contribution >= 0.6 is 11.8 Å². The topological polar surface area (TPSA) is 59.6 Å². The van der Waals surface area contributed by atoms with Gasteiger partial charge in [0.25, 0.3) is 0 Å². The Hall–Kier alpha value is -0.730. The van der Waals surface area contributed by atoms with Gasteiger partial charge in [-0.05, 0) is 19.1 Å². The monoisotopic (exact) mass is 241 g/mol. The van der Waals surface area contributed by atoms with Gasteiger partial charge in [-0.1, -0.05) is 31.0 Å². The van der Waals surface area contributed by atoms with Crippen LogP contribution in [0.5, 0.6) is 0 Å². The first-order chi connectivity index (χ1) is 7.83. The Morgan fingerprint density at radius 2 is 2.19 bits per heavy atom. The molecule has 1 aliphatic carbocycles. The second kappa shape index (κ2) is 7.53. The lowest BCUT2D eigenvalue weighted by Crippen LogP contribution is -2.41. The molecule has 0 spiro atoms. The van der Waals surface area contributed by atoms with E-state index < -0.39 is 0 Å². The highest BCUT2D eigenvalue weighted by atomic mass is 32.2. The predicted octanol–water partition coefficient (Wildman–Crippen LogP) is 1.81. The second-order valence-electron chi connectivity index (χ2n) is 3.91. The predicted molar refractivity (Wildman–Crippen MR) is 67.2 cm³/mol. The molecule has 0 aromatic carbocycles. The number of nitrogens with zero attached hydrogens (tertiary/aromatic N) is 3. The van der Waals surface area contributed by atoms with Gasteiger partial charge in [0.1, 0.15) is 0 Å². The van der Waals surface area contributed by atoms with Crippen LogP contribution < -0.4 is 0 Å². The van der Waals surface area contributed by atoms with Crippen molar-refractivity contribution in [3.8, 4) is 6.19 Å². The van der Waals surface area contributed by atoms with Gasteiger partial charge in [0, 0.05) is 12.6 Å². The lowest BCUT2D eigenvalue weighted by molar-refractivity contribution is 0.194. The minimum absolute atomic E-state index is 0.113. The molecule has 0 atom stereocenters. The summed E-state index contributed by atoms with van der Waals surface area (Å²) in [6.07, 6.45) is 9.82. The van der Waals surface area contributed by atoms with Crippen molar-refractivity contribution in [1.82, 2.24) is 4.90 Å². The van der Waals surface area contributed by atoms with E-state index in [0.717, 1.165) is 18.0 Å². The summed E-state index contributed by atoms with van der Waals surface area (Å²) < 4.78 is 0. The fraction of sp³-hybridized carbons (Fsp3) is 0.818. The van der Waals surface area contributed by atoms with E-state index in [1.165, 1.54) is 31.0 Å². The molecule has 0 amide bonds. The third-order valence-electron chi connectivity index (χ3n) is 2.93. The molecular weight excluding hydrogens is 222 g/mol. The summed E-state index contributed by atoms with van der Waals surface area (Å²) >= 11 is 1.48. The van der Waals surface area contributed by atoms with Crippen LogP contribution in [-0.4, -0.2) is 40.6 Å². The number of hydrogen-bond acceptors (Lipinski definition) is 4. The fourth-order valence-corrected chi connectivity index (χ4v) is 2.81. The van der Waals surface area contributed by atoms with Crippen molar-refractivity contribution in [1.29, 1.82) is 5.26 Å². The Labute approximate surface area is 101 Å². The van der Waals surface area contributed by atoms with Gasteiger partial charge in [0.15, 0.2) is 5.17 Å². The number of rotatable bonds is 3. The van der Waals surface area contributed by atoms with Crippen LogP contribution in [0.1, 0.15) is 32.1 Å². The van der Waals surface area contributed by atoms with Gasteiger partial charge < -0.3 is 10.0 Å². The number of thioether (sulfide) groups is 1. The molecule has 1 N–H and O–H groups in total. The van der Waals surface area contributed by atoms with Gasteiger partial charge in [0.05, 0.1) is 6.61 Å². The minimum Gasteiger partial charge on any atom is -0.395 e. The lowest BCUT2D eigenvalue weighted by atomic mass is 9.94. The van der Waals surface area contributed by atoms with E-state index in [1.807, 2.05) is 12.4 Å². The van der Waals surface area contributed by atoms with Crippen molar-refractivity contribution in [2.75, 3.05) is 19.4 Å². The van der Waals surface area contributed by atoms with E-state index in [-0.39, 0.29) is 6.61 Å². The summed E-state index contributed by atoms with van der Waals surface area (Å²) in [5, 5.41) is 18.5. The number of amidine groups is 1. The Bertz CT molecular complexity index is 269. The molecule has 1 aliphatic rings. The van der Waals surface area contributed by atoms with E-state index in [4.69, 9.17) is 10.4 Å². The van der Waals surface area contributed by atoms with Crippen molar-refractivity contribution >= 4 is 16.9 Å². The summed E-state index contributed by atoms with van der Waals surface area (Å²) in [7, 11) is 0. The third kappa shape index (κ3) is 3.69. The summed E-state index contributed by atoms with van der Waals surface area (Å²) in [6, 6.07) is 0.445. The standard InChI is InChI=1S/C11H19N3OS/c1-16-11(13-9-12)14(7-8-15)10-5-3-2-4-6-10/h10,15H,2-8H2,1H3. The first-order valence-corrected chi connectivity index (χ1v) is 6.94. The van der Waals surface area contributed by atoms with Crippen molar-refractivity contribution in [3.05, 3.63) is 0 Å². The number of nitriles is 1. The van der Waals surface area contributed by atoms with Crippen molar-refractivity contribution < 1.29 is 5.11 Å². The molecule has 0 saturated heterocycles. The highest BCUT2D eigenvalue weighted by Crippen LogP contribution is 2.24. The van der Waals surface area contributed by atoms with Gasteiger partial charge in [-0.3, -0.25) is 0 Å². The SMILES string of the molecule is CSC(=NC#N)N(CCO)C1CCCCC1. The molecule has 0 aromatic rings. The summed E-state index contributed by atoms with van der Waals surface area (Å²) in [6.45, 7) is 0.688. The highest BCUT2D eigenvalue weighted by Gasteiger charge is 2.23. The number of aliphatic hydroxyl groups is 1. The minimum atomic E-state index is 0.113. The van der Waals surface area contributed by atoms with Crippen LogP contribution in [0.15, 0.2) is 4.99 Å². The average molecular weight is 241 g/mol. The highest BCUT2D eigenvalue weighted by molar-refractivity contribution is 8.13. The average Bonchev–Trinajstić information content (AvgIpc) is 2.35. The molecule has 1 saturated carbocycles. The molecule has 1 rings (SSSR count). The maximum atomic E-state index is 9.09. The van der Waals surface area contributed by atoms with Gasteiger partial charge >= 0.3 is 0 Å². The molecule has 5 heteroatoms. The molecule has 0 aliphatic heterocycles. The van der Waals surface area contributed by atoms with E-state index in [9.17, 15) is 0 Å². The first kappa shape index (κ1) is 13.3. The largest absolute Gasteiger partial charge is 0.395 e. The third-order valence-corrected chi connectivity index (χ3v) is 3.62. The summed E-state index contributed by atoms with van der Waals surface area (Å²) in [5.74, 6) is 0. The molecule has 90 valence electrons. The van der Waals surface area contributed by atoms with Crippen molar-refractivity contribution in [3.63, 3.8) is 0 Å². The number of aliphatic imine (C=N–C) groups is 1. The van der Waals surface area contributed by atoms with E-state index in [1.54, 1.807) is 0 Å². The zero-order valence-corrected chi connectivity index (χ0v) is 10.5. The number of hydrogen-bond donors (Lipinski definition) is 1. The molecule has 0 unspecified atom stereocenters. The van der Waals surface area contributed by atoms with Crippen LogP contribution in [0.4, 0.5) is 0 Å². The molecule has 0 heterocycles. The zero-order valence-electron chi connectivity index (χ0n) is 9.72. The molecular formula is C11H19N3OS. The van der Waals surface area contributed by atoms with E-state index in [2.05, 4.69) is 9.89 Å². The Balaban J connectivity index is 2.71. The molecule has 1 fully saturated rings. The van der Waals surface area contributed by atoms with Crippen LogP contribution in [0, 0.1) is 11.5 Å². The quantitative estimate of drug-likeness (QED) is 0.465. The normalized spacial score (nSPS) is 18.2. The Morgan fingerprint density at radius 3 is 2.69 bits per heavy atom. The number of aliphatic hydroxyl groups excluding tert-OH is 1. The van der Waals surface area contributed by atoms with E-state index >= 15 is 0 Å².